The van der Waals surface area contributed by atoms with Crippen LogP contribution in [0, 0.1) is 5.82 Å². The number of rotatable bonds is 5. The summed E-state index contributed by atoms with van der Waals surface area (Å²) >= 11 is 6.29. The van der Waals surface area contributed by atoms with Crippen LogP contribution in [0.4, 0.5) is 15.0 Å². The van der Waals surface area contributed by atoms with E-state index in [0.717, 1.165) is 11.1 Å². The highest BCUT2D eigenvalue weighted by atomic mass is 35.5. The number of aromatic nitrogens is 2. The van der Waals surface area contributed by atoms with Crippen molar-refractivity contribution in [2.45, 2.75) is 31.3 Å². The van der Waals surface area contributed by atoms with E-state index < -0.39 is 24.0 Å². The molecule has 1 aliphatic carbocycles. The number of aryl methyl sites for hydroxylation is 1. The van der Waals surface area contributed by atoms with Crippen molar-refractivity contribution in [3.63, 3.8) is 0 Å². The molecule has 1 saturated heterocycles. The first-order chi connectivity index (χ1) is 18.3. The maximum atomic E-state index is 14.6. The molecule has 196 valence electrons. The van der Waals surface area contributed by atoms with Gasteiger partial charge < -0.3 is 15.5 Å². The smallest absolute Gasteiger partial charge is 0.334 e. The molecule has 12 heteroatoms. The fourth-order valence-corrected chi connectivity index (χ4v) is 4.97. The Bertz CT molecular complexity index is 1420. The van der Waals surface area contributed by atoms with Crippen LogP contribution in [0.25, 0.3) is 0 Å². The summed E-state index contributed by atoms with van der Waals surface area (Å²) in [6.45, 7) is 0.573. The number of nitrogens with zero attached hydrogens (tertiary/aromatic N) is 3. The molecule has 38 heavy (non-hydrogen) atoms. The maximum Gasteiger partial charge on any atom is 0.334 e. The summed E-state index contributed by atoms with van der Waals surface area (Å²) in [5, 5.41) is 5.66. The van der Waals surface area contributed by atoms with Crippen molar-refractivity contribution in [3.05, 3.63) is 87.6 Å². The molecule has 3 heterocycles. The zero-order chi connectivity index (χ0) is 26.8. The summed E-state index contributed by atoms with van der Waals surface area (Å²) in [7, 11) is 1.68. The zero-order valence-corrected chi connectivity index (χ0v) is 21.2. The van der Waals surface area contributed by atoms with Crippen molar-refractivity contribution in [1.82, 2.24) is 30.9 Å². The van der Waals surface area contributed by atoms with Gasteiger partial charge in [-0.25, -0.2) is 14.2 Å². The van der Waals surface area contributed by atoms with Crippen LogP contribution in [0.5, 0.6) is 0 Å². The Kier molecular flexibility index (Phi) is 7.10. The number of pyridine rings is 2. The lowest BCUT2D eigenvalue weighted by molar-refractivity contribution is -0.128. The quantitative estimate of drug-likeness (QED) is 0.371. The van der Waals surface area contributed by atoms with Crippen LogP contribution in [0.1, 0.15) is 45.1 Å². The predicted octanol–water partition coefficient (Wildman–Crippen LogP) is 2.74. The molecule has 0 spiro atoms. The molecule has 5 rings (SSSR count). The average molecular weight is 538 g/mol. The van der Waals surface area contributed by atoms with Crippen molar-refractivity contribution in [1.29, 1.82) is 0 Å². The molecule has 0 saturated carbocycles. The summed E-state index contributed by atoms with van der Waals surface area (Å²) in [4.78, 5) is 47.3. The molecule has 2 atom stereocenters. The van der Waals surface area contributed by atoms with Crippen LogP contribution in [-0.4, -0.2) is 52.3 Å². The van der Waals surface area contributed by atoms with Crippen LogP contribution in [0.3, 0.4) is 0 Å². The van der Waals surface area contributed by atoms with E-state index in [2.05, 4.69) is 31.5 Å². The van der Waals surface area contributed by atoms with Gasteiger partial charge in [0.05, 0.1) is 16.6 Å². The number of likely N-dealkylation sites (N-methyl/N-ethyl adjacent to an activating group) is 1. The van der Waals surface area contributed by atoms with Gasteiger partial charge in [0.1, 0.15) is 11.9 Å². The molecular weight excluding hydrogens is 513 g/mol. The van der Waals surface area contributed by atoms with Gasteiger partial charge in [-0.15, -0.1) is 0 Å². The Morgan fingerprint density at radius 2 is 1.97 bits per heavy atom. The van der Waals surface area contributed by atoms with Crippen molar-refractivity contribution < 1.29 is 18.8 Å². The number of hydrogen-bond donors (Lipinski definition) is 4. The van der Waals surface area contributed by atoms with Gasteiger partial charge in [0.2, 0.25) is 5.91 Å². The van der Waals surface area contributed by atoms with E-state index >= 15 is 0 Å². The first-order valence-electron chi connectivity index (χ1n) is 12.1. The summed E-state index contributed by atoms with van der Waals surface area (Å²) in [5.41, 5.74) is 8.29. The lowest BCUT2D eigenvalue weighted by Gasteiger charge is -2.22. The number of likely N-dealkylation sites (tertiary alicyclic amines) is 1. The number of fused-ring (bicyclic) bond motifs is 2. The lowest BCUT2D eigenvalue weighted by atomic mass is 9.95. The number of carbonyl (C=O) groups excluding carboxylic acids is 3. The van der Waals surface area contributed by atoms with E-state index in [1.807, 2.05) is 6.07 Å². The van der Waals surface area contributed by atoms with Gasteiger partial charge >= 0.3 is 6.03 Å². The van der Waals surface area contributed by atoms with Crippen LogP contribution in [0.15, 0.2) is 48.9 Å². The highest BCUT2D eigenvalue weighted by Crippen LogP contribution is 2.33. The molecule has 0 radical (unpaired) electrons. The van der Waals surface area contributed by atoms with E-state index in [4.69, 9.17) is 11.6 Å². The van der Waals surface area contributed by atoms with Crippen molar-refractivity contribution >= 4 is 35.3 Å². The minimum atomic E-state index is -0.602. The lowest BCUT2D eigenvalue weighted by Crippen LogP contribution is -2.42. The number of anilines is 1. The van der Waals surface area contributed by atoms with E-state index in [9.17, 15) is 18.8 Å². The van der Waals surface area contributed by atoms with Gasteiger partial charge in [0, 0.05) is 32.2 Å². The third-order valence-electron chi connectivity index (χ3n) is 6.77. The van der Waals surface area contributed by atoms with Crippen molar-refractivity contribution in [2.24, 2.45) is 0 Å². The Hall–Kier alpha value is -4.25. The number of amides is 4. The van der Waals surface area contributed by atoms with Crippen molar-refractivity contribution in [3.8, 4) is 0 Å². The number of urea groups is 1. The third kappa shape index (κ3) is 5.10. The number of nitrogens with one attached hydrogen (secondary N) is 4. The van der Waals surface area contributed by atoms with E-state index in [1.54, 1.807) is 36.5 Å². The van der Waals surface area contributed by atoms with Crippen molar-refractivity contribution in [2.75, 3.05) is 19.0 Å². The molecule has 0 bridgehead atoms. The molecule has 2 aromatic heterocycles. The predicted molar refractivity (Wildman–Crippen MR) is 138 cm³/mol. The highest BCUT2D eigenvalue weighted by Gasteiger charge is 2.31. The second kappa shape index (κ2) is 10.6. The maximum absolute atomic E-state index is 14.6. The Morgan fingerprint density at radius 1 is 1.13 bits per heavy atom. The second-order valence-corrected chi connectivity index (χ2v) is 9.57. The second-order valence-electron chi connectivity index (χ2n) is 9.17. The molecule has 4 amide bonds. The van der Waals surface area contributed by atoms with Crippen LogP contribution in [-0.2, 0) is 17.6 Å². The Balaban J connectivity index is 1.26. The monoisotopic (exact) mass is 537 g/mol. The molecule has 2 aliphatic rings. The number of hydrazine groups is 1. The molecule has 1 aliphatic heterocycles. The van der Waals surface area contributed by atoms with Gasteiger partial charge in [-0.1, -0.05) is 23.7 Å². The average Bonchev–Trinajstić information content (AvgIpc) is 3.13. The largest absolute Gasteiger partial charge is 0.344 e. The Labute approximate surface area is 223 Å². The standard InChI is InChI=1S/C26H25ClFN7O3/c1-35-10-8-21(25(35)37)31-24(36)15-11-19(27)23(30-13-15)33-34-26(38)32-22-16-7-9-29-12-14(16)5-6-17-18(22)3-2-4-20(17)28/h2-4,7,9,11-13,21-22H,5-6,8,10H2,1H3,(H,30,33)(H,31,36)(H2,32,34,38). The van der Waals surface area contributed by atoms with Gasteiger partial charge in [-0.2, -0.15) is 0 Å². The number of hydrogen-bond acceptors (Lipinski definition) is 6. The number of carbonyl (C=O) groups is 3. The van der Waals surface area contributed by atoms with Gasteiger partial charge in [-0.05, 0) is 59.7 Å². The van der Waals surface area contributed by atoms with Gasteiger partial charge in [-0.3, -0.25) is 25.4 Å². The fourth-order valence-electron chi connectivity index (χ4n) is 4.76. The topological polar surface area (TPSA) is 128 Å². The van der Waals surface area contributed by atoms with Gasteiger partial charge in [0.25, 0.3) is 5.91 Å². The molecule has 1 aromatic carbocycles. The van der Waals surface area contributed by atoms with Gasteiger partial charge in [0.15, 0.2) is 5.82 Å². The molecular formula is C26H25ClFN7O3. The Morgan fingerprint density at radius 3 is 2.74 bits per heavy atom. The fraction of sp³-hybridized carbons (Fsp3) is 0.269. The van der Waals surface area contributed by atoms with Crippen LogP contribution < -0.4 is 21.5 Å². The molecule has 10 nitrogen and oxygen atoms in total. The normalized spacial score (nSPS) is 18.2. The summed E-state index contributed by atoms with van der Waals surface area (Å²) in [6.07, 6.45) is 6.27. The van der Waals surface area contributed by atoms with E-state index in [0.29, 0.717) is 36.9 Å². The molecule has 3 aromatic rings. The van der Waals surface area contributed by atoms with E-state index in [1.165, 1.54) is 18.3 Å². The first kappa shape index (κ1) is 25.4. The number of halogens is 2. The molecule has 4 N–H and O–H groups in total. The van der Waals surface area contributed by atoms with Crippen LogP contribution in [0.2, 0.25) is 5.02 Å². The minimum absolute atomic E-state index is 0.0890. The molecule has 1 fully saturated rings. The third-order valence-corrected chi connectivity index (χ3v) is 7.06. The summed E-state index contributed by atoms with van der Waals surface area (Å²) < 4.78 is 14.6. The highest BCUT2D eigenvalue weighted by molar-refractivity contribution is 6.33. The summed E-state index contributed by atoms with van der Waals surface area (Å²) in [6, 6.07) is 6.24. The molecule has 2 unspecified atom stereocenters. The van der Waals surface area contributed by atoms with E-state index in [-0.39, 0.29) is 28.1 Å². The number of benzene rings is 1. The van der Waals surface area contributed by atoms with Crippen LogP contribution >= 0.6 is 11.6 Å². The first-order valence-corrected chi connectivity index (χ1v) is 12.4. The minimum Gasteiger partial charge on any atom is -0.344 e. The SMILES string of the molecule is CN1CCC(NC(=O)c2cnc(NNC(=O)NC3c4ccncc4CCc4c(F)cccc43)c(Cl)c2)C1=O. The zero-order valence-electron chi connectivity index (χ0n) is 20.4. The summed E-state index contributed by atoms with van der Waals surface area (Å²) in [5.74, 6) is -0.827.